The van der Waals surface area contributed by atoms with Gasteiger partial charge >= 0.3 is 5.97 Å². The van der Waals surface area contributed by atoms with Gasteiger partial charge in [-0.05, 0) is 18.2 Å². The minimum absolute atomic E-state index is 0.0930. The smallest absolute Gasteiger partial charge is 0.337 e. The molecule has 0 bridgehead atoms. The molecule has 0 aromatic heterocycles. The first-order chi connectivity index (χ1) is 6.69. The number of carbonyl (C=O) groups is 1. The summed E-state index contributed by atoms with van der Waals surface area (Å²) < 4.78 is 17.5. The maximum atomic E-state index is 13.0. The second-order valence-corrected chi connectivity index (χ2v) is 2.49. The standard InChI is InChI=1S/C9H10FNO3/c1-13-9(12)6-3-4-7(10)8(5-6)11-14-2/h3-5,11H,1-2H3. The number of benzene rings is 1. The largest absolute Gasteiger partial charge is 0.465 e. The van der Waals surface area contributed by atoms with Crippen LogP contribution in [0.15, 0.2) is 18.2 Å². The minimum Gasteiger partial charge on any atom is -0.465 e. The predicted molar refractivity (Wildman–Crippen MR) is 48.4 cm³/mol. The highest BCUT2D eigenvalue weighted by atomic mass is 19.1. The van der Waals surface area contributed by atoms with Gasteiger partial charge in [-0.25, -0.2) is 9.18 Å². The lowest BCUT2D eigenvalue weighted by Gasteiger charge is -2.06. The minimum atomic E-state index is -0.524. The van der Waals surface area contributed by atoms with Crippen LogP contribution in [-0.4, -0.2) is 20.2 Å². The fourth-order valence-electron chi connectivity index (χ4n) is 0.958. The summed E-state index contributed by atoms with van der Waals surface area (Å²) in [6.07, 6.45) is 0. The highest BCUT2D eigenvalue weighted by molar-refractivity contribution is 5.90. The molecule has 1 aromatic rings. The van der Waals surface area contributed by atoms with Crippen molar-refractivity contribution < 1.29 is 18.8 Å². The highest BCUT2D eigenvalue weighted by Crippen LogP contribution is 2.16. The maximum absolute atomic E-state index is 13.0. The molecule has 0 heterocycles. The Morgan fingerprint density at radius 1 is 1.43 bits per heavy atom. The molecule has 0 unspecified atom stereocenters. The van der Waals surface area contributed by atoms with E-state index >= 15 is 0 Å². The number of rotatable bonds is 3. The molecule has 1 aromatic carbocycles. The summed E-state index contributed by atoms with van der Waals surface area (Å²) in [5.41, 5.74) is 2.66. The van der Waals surface area contributed by atoms with Gasteiger partial charge in [-0.15, -0.1) is 0 Å². The number of methoxy groups -OCH3 is 1. The van der Waals surface area contributed by atoms with Crippen LogP contribution in [-0.2, 0) is 9.57 Å². The summed E-state index contributed by atoms with van der Waals surface area (Å²) in [6, 6.07) is 3.81. The molecular weight excluding hydrogens is 189 g/mol. The molecule has 0 fully saturated rings. The summed E-state index contributed by atoms with van der Waals surface area (Å²) in [6.45, 7) is 0. The van der Waals surface area contributed by atoms with Gasteiger partial charge in [0.1, 0.15) is 5.82 Å². The molecule has 0 aliphatic heterocycles. The van der Waals surface area contributed by atoms with Crippen molar-refractivity contribution in [1.82, 2.24) is 0 Å². The molecule has 14 heavy (non-hydrogen) atoms. The van der Waals surface area contributed by atoms with E-state index in [-0.39, 0.29) is 11.3 Å². The van der Waals surface area contributed by atoms with Crippen molar-refractivity contribution in [3.05, 3.63) is 29.6 Å². The van der Waals surface area contributed by atoms with Gasteiger partial charge in [0.25, 0.3) is 0 Å². The Morgan fingerprint density at radius 3 is 2.71 bits per heavy atom. The van der Waals surface area contributed by atoms with Gasteiger partial charge in [0.15, 0.2) is 0 Å². The molecule has 4 nitrogen and oxygen atoms in total. The van der Waals surface area contributed by atoms with Gasteiger partial charge in [-0.3, -0.25) is 10.3 Å². The zero-order chi connectivity index (χ0) is 10.6. The fourth-order valence-corrected chi connectivity index (χ4v) is 0.958. The van der Waals surface area contributed by atoms with E-state index in [1.54, 1.807) is 0 Å². The molecule has 0 aliphatic carbocycles. The van der Waals surface area contributed by atoms with E-state index in [0.717, 1.165) is 6.07 Å². The summed E-state index contributed by atoms with van der Waals surface area (Å²) in [7, 11) is 2.61. The van der Waals surface area contributed by atoms with Crippen LogP contribution in [0.25, 0.3) is 0 Å². The Balaban J connectivity index is 2.99. The lowest BCUT2D eigenvalue weighted by molar-refractivity contribution is 0.0600. The number of esters is 1. The van der Waals surface area contributed by atoms with Crippen LogP contribution in [0, 0.1) is 5.82 Å². The molecule has 5 heteroatoms. The van der Waals surface area contributed by atoms with Gasteiger partial charge in [0, 0.05) is 0 Å². The topological polar surface area (TPSA) is 47.6 Å². The summed E-state index contributed by atoms with van der Waals surface area (Å²) >= 11 is 0. The SMILES string of the molecule is CONc1cc(C(=O)OC)ccc1F. The lowest BCUT2D eigenvalue weighted by atomic mass is 10.2. The average molecular weight is 199 g/mol. The lowest BCUT2D eigenvalue weighted by Crippen LogP contribution is -2.04. The Morgan fingerprint density at radius 2 is 2.14 bits per heavy atom. The number of halogens is 1. The number of carbonyl (C=O) groups excluding carboxylic acids is 1. The summed E-state index contributed by atoms with van der Waals surface area (Å²) in [5.74, 6) is -1.02. The second-order valence-electron chi connectivity index (χ2n) is 2.49. The van der Waals surface area contributed by atoms with E-state index in [9.17, 15) is 9.18 Å². The first-order valence-electron chi connectivity index (χ1n) is 3.86. The molecule has 0 spiro atoms. The molecule has 0 saturated carbocycles. The molecule has 0 radical (unpaired) electrons. The van der Waals surface area contributed by atoms with Crippen molar-refractivity contribution in [3.63, 3.8) is 0 Å². The van der Waals surface area contributed by atoms with E-state index in [4.69, 9.17) is 0 Å². The van der Waals surface area contributed by atoms with E-state index < -0.39 is 11.8 Å². The van der Waals surface area contributed by atoms with Gasteiger partial charge < -0.3 is 4.74 Å². The number of anilines is 1. The molecule has 0 aliphatic rings. The van der Waals surface area contributed by atoms with Crippen LogP contribution in [0.2, 0.25) is 0 Å². The summed E-state index contributed by atoms with van der Waals surface area (Å²) in [5, 5.41) is 0. The van der Waals surface area contributed by atoms with Gasteiger partial charge in [0.2, 0.25) is 0 Å². The molecule has 1 N–H and O–H groups in total. The number of nitrogens with one attached hydrogen (secondary N) is 1. The van der Waals surface area contributed by atoms with Crippen molar-refractivity contribution in [2.24, 2.45) is 0 Å². The Bertz CT molecular complexity index is 341. The van der Waals surface area contributed by atoms with Crippen LogP contribution in [0.1, 0.15) is 10.4 Å². The van der Waals surface area contributed by atoms with Crippen molar-refractivity contribution in [3.8, 4) is 0 Å². The van der Waals surface area contributed by atoms with E-state index in [0.29, 0.717) is 0 Å². The number of ether oxygens (including phenoxy) is 1. The fraction of sp³-hybridized carbons (Fsp3) is 0.222. The third-order valence-corrected chi connectivity index (χ3v) is 1.60. The molecule has 0 amide bonds. The van der Waals surface area contributed by atoms with Crippen molar-refractivity contribution >= 4 is 11.7 Å². The van der Waals surface area contributed by atoms with E-state index in [2.05, 4.69) is 15.1 Å². The van der Waals surface area contributed by atoms with Crippen LogP contribution >= 0.6 is 0 Å². The Kier molecular flexibility index (Phi) is 3.41. The van der Waals surface area contributed by atoms with E-state index in [1.165, 1.54) is 26.4 Å². The first-order valence-corrected chi connectivity index (χ1v) is 3.86. The van der Waals surface area contributed by atoms with Crippen LogP contribution < -0.4 is 5.48 Å². The third kappa shape index (κ3) is 2.20. The second kappa shape index (κ2) is 4.57. The third-order valence-electron chi connectivity index (χ3n) is 1.60. The Labute approximate surface area is 80.6 Å². The predicted octanol–water partition coefficient (Wildman–Crippen LogP) is 1.59. The van der Waals surface area contributed by atoms with Crippen LogP contribution in [0.4, 0.5) is 10.1 Å². The van der Waals surface area contributed by atoms with Crippen molar-refractivity contribution in [2.45, 2.75) is 0 Å². The zero-order valence-electron chi connectivity index (χ0n) is 7.83. The van der Waals surface area contributed by atoms with Gasteiger partial charge in [-0.1, -0.05) is 0 Å². The molecular formula is C9H10FNO3. The maximum Gasteiger partial charge on any atom is 0.337 e. The van der Waals surface area contributed by atoms with Gasteiger partial charge in [0.05, 0.1) is 25.5 Å². The molecule has 76 valence electrons. The Hall–Kier alpha value is -1.62. The number of hydrogen-bond donors (Lipinski definition) is 1. The number of hydrogen-bond acceptors (Lipinski definition) is 4. The molecule has 0 atom stereocenters. The quantitative estimate of drug-likeness (QED) is 0.593. The van der Waals surface area contributed by atoms with Crippen molar-refractivity contribution in [1.29, 1.82) is 0 Å². The van der Waals surface area contributed by atoms with Crippen LogP contribution in [0.5, 0.6) is 0 Å². The summed E-state index contributed by atoms with van der Waals surface area (Å²) in [4.78, 5) is 15.6. The van der Waals surface area contributed by atoms with E-state index in [1.807, 2.05) is 0 Å². The molecule has 0 saturated heterocycles. The molecule has 1 rings (SSSR count). The normalized spacial score (nSPS) is 9.64. The monoisotopic (exact) mass is 199 g/mol. The average Bonchev–Trinajstić information content (AvgIpc) is 2.20. The highest BCUT2D eigenvalue weighted by Gasteiger charge is 2.09. The first kappa shape index (κ1) is 10.5. The van der Waals surface area contributed by atoms with Crippen molar-refractivity contribution in [2.75, 3.05) is 19.7 Å². The van der Waals surface area contributed by atoms with Crippen LogP contribution in [0.3, 0.4) is 0 Å². The van der Waals surface area contributed by atoms with Gasteiger partial charge in [-0.2, -0.15) is 0 Å². The zero-order valence-corrected chi connectivity index (χ0v) is 7.83.